The predicted molar refractivity (Wildman–Crippen MR) is 55.7 cm³/mol. The zero-order valence-electron chi connectivity index (χ0n) is 8.56. The standard InChI is InChI=1S/C11H17ClO/c1-11(2,3)9-4-5-10(12)8(6-9)7-13/h7,9H,4-6H2,1-3H3/t9-/m1/s1. The predicted octanol–water partition coefficient (Wildman–Crippen LogP) is 3.52. The molecule has 1 rings (SSSR count). The third-order valence-corrected chi connectivity index (χ3v) is 3.33. The van der Waals surface area contributed by atoms with Crippen molar-refractivity contribution < 1.29 is 4.79 Å². The monoisotopic (exact) mass is 200 g/mol. The Morgan fingerprint density at radius 3 is 2.54 bits per heavy atom. The van der Waals surface area contributed by atoms with Gasteiger partial charge in [0, 0.05) is 10.6 Å². The molecule has 0 amide bonds. The second kappa shape index (κ2) is 3.83. The highest BCUT2D eigenvalue weighted by Gasteiger charge is 2.29. The van der Waals surface area contributed by atoms with Gasteiger partial charge in [0.25, 0.3) is 0 Å². The molecule has 74 valence electrons. The average molecular weight is 201 g/mol. The van der Waals surface area contributed by atoms with Crippen LogP contribution in [0.2, 0.25) is 0 Å². The summed E-state index contributed by atoms with van der Waals surface area (Å²) in [6.07, 6.45) is 3.75. The SMILES string of the molecule is CC(C)(C)[C@@H]1CCC(Cl)=C(C=O)C1. The van der Waals surface area contributed by atoms with Gasteiger partial charge in [0.15, 0.2) is 0 Å². The van der Waals surface area contributed by atoms with E-state index in [0.717, 1.165) is 36.2 Å². The minimum absolute atomic E-state index is 0.284. The molecular weight excluding hydrogens is 184 g/mol. The largest absolute Gasteiger partial charge is 0.298 e. The number of carbonyl (C=O) groups is 1. The molecule has 0 bridgehead atoms. The van der Waals surface area contributed by atoms with Crippen LogP contribution < -0.4 is 0 Å². The lowest BCUT2D eigenvalue weighted by molar-refractivity contribution is -0.105. The summed E-state index contributed by atoms with van der Waals surface area (Å²) in [6, 6.07) is 0. The van der Waals surface area contributed by atoms with Crippen molar-refractivity contribution in [3.05, 3.63) is 10.6 Å². The lowest BCUT2D eigenvalue weighted by Crippen LogP contribution is -2.24. The molecule has 0 saturated carbocycles. The van der Waals surface area contributed by atoms with Crippen molar-refractivity contribution in [1.82, 2.24) is 0 Å². The summed E-state index contributed by atoms with van der Waals surface area (Å²) in [5, 5.41) is 0.774. The first-order valence-electron chi connectivity index (χ1n) is 4.78. The summed E-state index contributed by atoms with van der Waals surface area (Å²) in [5.74, 6) is 0.593. The van der Waals surface area contributed by atoms with E-state index in [9.17, 15) is 4.79 Å². The fraction of sp³-hybridized carbons (Fsp3) is 0.727. The minimum atomic E-state index is 0.284. The lowest BCUT2D eigenvalue weighted by atomic mass is 9.72. The van der Waals surface area contributed by atoms with E-state index < -0.39 is 0 Å². The van der Waals surface area contributed by atoms with E-state index in [0.29, 0.717) is 5.92 Å². The number of halogens is 1. The van der Waals surface area contributed by atoms with Crippen LogP contribution >= 0.6 is 11.6 Å². The Labute approximate surface area is 85.2 Å². The van der Waals surface area contributed by atoms with Crippen molar-refractivity contribution >= 4 is 17.9 Å². The van der Waals surface area contributed by atoms with E-state index in [4.69, 9.17) is 11.6 Å². The highest BCUT2D eigenvalue weighted by atomic mass is 35.5. The molecule has 2 heteroatoms. The Morgan fingerprint density at radius 1 is 1.46 bits per heavy atom. The Hall–Kier alpha value is -0.300. The Balaban J connectivity index is 2.76. The summed E-state index contributed by atoms with van der Waals surface area (Å²) < 4.78 is 0. The molecule has 0 radical (unpaired) electrons. The zero-order valence-corrected chi connectivity index (χ0v) is 9.32. The van der Waals surface area contributed by atoms with Crippen LogP contribution in [-0.2, 0) is 4.79 Å². The molecule has 0 aromatic rings. The first-order chi connectivity index (χ1) is 5.95. The first kappa shape index (κ1) is 10.8. The van der Waals surface area contributed by atoms with E-state index >= 15 is 0 Å². The summed E-state index contributed by atoms with van der Waals surface area (Å²) >= 11 is 5.95. The molecule has 1 atom stereocenters. The van der Waals surface area contributed by atoms with Crippen molar-refractivity contribution in [2.75, 3.05) is 0 Å². The average Bonchev–Trinajstić information content (AvgIpc) is 2.03. The van der Waals surface area contributed by atoms with Crippen molar-refractivity contribution in [1.29, 1.82) is 0 Å². The van der Waals surface area contributed by atoms with Crippen LogP contribution in [0.5, 0.6) is 0 Å². The molecule has 0 N–H and O–H groups in total. The van der Waals surface area contributed by atoms with Crippen molar-refractivity contribution in [2.45, 2.75) is 40.0 Å². The molecule has 0 unspecified atom stereocenters. The molecule has 1 nitrogen and oxygen atoms in total. The molecule has 0 aliphatic heterocycles. The molecule has 0 fully saturated rings. The number of hydrogen-bond donors (Lipinski definition) is 0. The number of rotatable bonds is 1. The number of hydrogen-bond acceptors (Lipinski definition) is 1. The van der Waals surface area contributed by atoms with Crippen molar-refractivity contribution in [3.63, 3.8) is 0 Å². The Morgan fingerprint density at radius 2 is 2.08 bits per heavy atom. The Bertz CT molecular complexity index is 235. The van der Waals surface area contributed by atoms with Gasteiger partial charge in [0.1, 0.15) is 6.29 Å². The minimum Gasteiger partial charge on any atom is -0.298 e. The van der Waals surface area contributed by atoms with Gasteiger partial charge in [0.2, 0.25) is 0 Å². The highest BCUT2D eigenvalue weighted by molar-refractivity contribution is 6.31. The van der Waals surface area contributed by atoms with Crippen molar-refractivity contribution in [3.8, 4) is 0 Å². The normalized spacial score (nSPS) is 24.8. The fourth-order valence-electron chi connectivity index (χ4n) is 1.79. The topological polar surface area (TPSA) is 17.1 Å². The Kier molecular flexibility index (Phi) is 3.18. The van der Waals surface area contributed by atoms with Gasteiger partial charge in [-0.2, -0.15) is 0 Å². The second-order valence-electron chi connectivity index (χ2n) is 4.85. The number of carbonyl (C=O) groups excluding carboxylic acids is 1. The lowest BCUT2D eigenvalue weighted by Gasteiger charge is -2.33. The van der Waals surface area contributed by atoms with Gasteiger partial charge in [0.05, 0.1) is 0 Å². The van der Waals surface area contributed by atoms with Crippen LogP contribution in [0.1, 0.15) is 40.0 Å². The maximum absolute atomic E-state index is 10.7. The molecule has 0 heterocycles. The summed E-state index contributed by atoms with van der Waals surface area (Å²) in [7, 11) is 0. The van der Waals surface area contributed by atoms with Crippen LogP contribution in [0.15, 0.2) is 10.6 Å². The third kappa shape index (κ3) is 2.57. The molecule has 13 heavy (non-hydrogen) atoms. The zero-order chi connectivity index (χ0) is 10.1. The van der Waals surface area contributed by atoms with E-state index in [1.54, 1.807) is 0 Å². The summed E-state index contributed by atoms with van der Waals surface area (Å²) in [6.45, 7) is 6.66. The van der Waals surface area contributed by atoms with E-state index in [1.807, 2.05) is 0 Å². The molecule has 1 aliphatic rings. The van der Waals surface area contributed by atoms with Crippen LogP contribution in [0.4, 0.5) is 0 Å². The molecule has 0 spiro atoms. The number of allylic oxidation sites excluding steroid dienone is 2. The van der Waals surface area contributed by atoms with Gasteiger partial charge in [-0.25, -0.2) is 0 Å². The quantitative estimate of drug-likeness (QED) is 0.592. The van der Waals surface area contributed by atoms with Gasteiger partial charge in [-0.3, -0.25) is 4.79 Å². The van der Waals surface area contributed by atoms with Crippen LogP contribution in [-0.4, -0.2) is 6.29 Å². The van der Waals surface area contributed by atoms with Crippen LogP contribution in [0.3, 0.4) is 0 Å². The van der Waals surface area contributed by atoms with Crippen LogP contribution in [0.25, 0.3) is 0 Å². The fourth-order valence-corrected chi connectivity index (χ4v) is 2.02. The molecule has 0 aromatic carbocycles. The van der Waals surface area contributed by atoms with Gasteiger partial charge in [-0.1, -0.05) is 32.4 Å². The maximum Gasteiger partial charge on any atom is 0.147 e. The van der Waals surface area contributed by atoms with Crippen molar-refractivity contribution in [2.24, 2.45) is 11.3 Å². The second-order valence-corrected chi connectivity index (χ2v) is 5.31. The third-order valence-electron chi connectivity index (χ3n) is 2.89. The molecule has 0 saturated heterocycles. The van der Waals surface area contributed by atoms with Gasteiger partial charge >= 0.3 is 0 Å². The highest BCUT2D eigenvalue weighted by Crippen LogP contribution is 2.40. The summed E-state index contributed by atoms with van der Waals surface area (Å²) in [4.78, 5) is 10.7. The first-order valence-corrected chi connectivity index (χ1v) is 5.15. The maximum atomic E-state index is 10.7. The molecule has 0 aromatic heterocycles. The van der Waals surface area contributed by atoms with E-state index in [2.05, 4.69) is 20.8 Å². The smallest absolute Gasteiger partial charge is 0.147 e. The molecular formula is C11H17ClO. The van der Waals surface area contributed by atoms with Gasteiger partial charge in [-0.15, -0.1) is 0 Å². The summed E-state index contributed by atoms with van der Waals surface area (Å²) in [5.41, 5.74) is 1.10. The van der Waals surface area contributed by atoms with Crippen LogP contribution in [0, 0.1) is 11.3 Å². The molecule has 1 aliphatic carbocycles. The van der Waals surface area contributed by atoms with E-state index in [1.165, 1.54) is 0 Å². The van der Waals surface area contributed by atoms with Gasteiger partial charge < -0.3 is 0 Å². The van der Waals surface area contributed by atoms with E-state index in [-0.39, 0.29) is 5.41 Å². The number of aldehydes is 1. The van der Waals surface area contributed by atoms with Gasteiger partial charge in [-0.05, 0) is 30.6 Å².